The molecule has 1 aliphatic rings. The second-order valence-electron chi connectivity index (χ2n) is 6.79. The van der Waals surface area contributed by atoms with Crippen LogP contribution in [0.3, 0.4) is 0 Å². The third-order valence-electron chi connectivity index (χ3n) is 4.72. The predicted molar refractivity (Wildman–Crippen MR) is 99.8 cm³/mol. The first-order valence-corrected chi connectivity index (χ1v) is 9.00. The Kier molecular flexibility index (Phi) is 5.81. The van der Waals surface area contributed by atoms with Crippen LogP contribution in [0.15, 0.2) is 35.4 Å². The summed E-state index contributed by atoms with van der Waals surface area (Å²) in [5.41, 5.74) is 1.33. The number of carbonyl (C=O) groups excluding carboxylic acids is 2. The number of H-pyrrole nitrogens is 1. The number of hydrogen-bond donors (Lipinski definition) is 1. The third kappa shape index (κ3) is 4.49. The molecule has 0 bridgehead atoms. The average Bonchev–Trinajstić information content (AvgIpc) is 2.67. The third-order valence-corrected chi connectivity index (χ3v) is 4.72. The summed E-state index contributed by atoms with van der Waals surface area (Å²) in [6.45, 7) is 4.48. The number of likely N-dealkylation sites (tertiary alicyclic amines) is 1. The number of carbonyl (C=O) groups is 2. The quantitative estimate of drug-likeness (QED) is 0.815. The zero-order chi connectivity index (χ0) is 19.4. The van der Waals surface area contributed by atoms with Crippen molar-refractivity contribution in [2.24, 2.45) is 0 Å². The summed E-state index contributed by atoms with van der Waals surface area (Å²) in [4.78, 5) is 45.1. The number of ketones is 1. The lowest BCUT2D eigenvalue weighted by molar-refractivity contribution is -0.00686. The van der Waals surface area contributed by atoms with Crippen LogP contribution in [-0.2, 0) is 11.3 Å². The molecule has 2 aromatic rings. The zero-order valence-electron chi connectivity index (χ0n) is 15.5. The van der Waals surface area contributed by atoms with Crippen molar-refractivity contribution in [1.82, 2.24) is 14.9 Å². The lowest BCUT2D eigenvalue weighted by atomic mass is 10.0. The molecule has 1 amide bonds. The molecule has 1 N–H and O–H groups in total. The van der Waals surface area contributed by atoms with Gasteiger partial charge in [0.25, 0.3) is 11.5 Å². The Hall–Kier alpha value is -2.80. The van der Waals surface area contributed by atoms with Gasteiger partial charge in [0.05, 0.1) is 12.7 Å². The minimum absolute atomic E-state index is 0.00120. The fourth-order valence-electron chi connectivity index (χ4n) is 3.27. The number of Topliss-reactive ketones (excluding diaryl/α,β-unsaturated/α-hetero) is 1. The Morgan fingerprint density at radius 1 is 1.37 bits per heavy atom. The molecule has 27 heavy (non-hydrogen) atoms. The van der Waals surface area contributed by atoms with Gasteiger partial charge in [0.15, 0.2) is 5.78 Å². The van der Waals surface area contributed by atoms with Gasteiger partial charge in [0.1, 0.15) is 5.56 Å². The maximum Gasteiger partial charge on any atom is 0.261 e. The first kappa shape index (κ1) is 19.0. The van der Waals surface area contributed by atoms with Crippen LogP contribution in [-0.4, -0.2) is 45.8 Å². The van der Waals surface area contributed by atoms with Gasteiger partial charge >= 0.3 is 0 Å². The molecular weight excluding hydrogens is 346 g/mol. The highest BCUT2D eigenvalue weighted by Gasteiger charge is 2.27. The van der Waals surface area contributed by atoms with E-state index < -0.39 is 5.56 Å². The Balaban J connectivity index is 1.70. The Morgan fingerprint density at radius 3 is 2.89 bits per heavy atom. The van der Waals surface area contributed by atoms with Crippen molar-refractivity contribution < 1.29 is 14.3 Å². The van der Waals surface area contributed by atoms with Gasteiger partial charge in [-0.05, 0) is 44.4 Å². The summed E-state index contributed by atoms with van der Waals surface area (Å²) < 4.78 is 5.92. The second kappa shape index (κ2) is 8.26. The molecule has 0 unspecified atom stereocenters. The van der Waals surface area contributed by atoms with E-state index in [0.29, 0.717) is 31.0 Å². The van der Waals surface area contributed by atoms with E-state index in [1.807, 2.05) is 12.1 Å². The monoisotopic (exact) mass is 369 g/mol. The molecule has 142 valence electrons. The largest absolute Gasteiger partial charge is 0.372 e. The topological polar surface area (TPSA) is 92.4 Å². The number of aromatic amines is 1. The van der Waals surface area contributed by atoms with Crippen molar-refractivity contribution in [3.63, 3.8) is 0 Å². The zero-order valence-corrected chi connectivity index (χ0v) is 15.5. The van der Waals surface area contributed by atoms with E-state index in [0.717, 1.165) is 18.4 Å². The van der Waals surface area contributed by atoms with Crippen molar-refractivity contribution in [2.45, 2.75) is 39.4 Å². The van der Waals surface area contributed by atoms with Crippen LogP contribution in [0.25, 0.3) is 0 Å². The van der Waals surface area contributed by atoms with Crippen LogP contribution in [0.4, 0.5) is 0 Å². The summed E-state index contributed by atoms with van der Waals surface area (Å²) in [6, 6.07) is 5.19. The second-order valence-corrected chi connectivity index (χ2v) is 6.79. The highest BCUT2D eigenvalue weighted by atomic mass is 16.5. The number of pyridine rings is 2. The van der Waals surface area contributed by atoms with E-state index in [2.05, 4.69) is 9.97 Å². The van der Waals surface area contributed by atoms with Crippen LogP contribution >= 0.6 is 0 Å². The van der Waals surface area contributed by atoms with Crippen LogP contribution in [0, 0.1) is 6.92 Å². The van der Waals surface area contributed by atoms with Crippen LogP contribution in [0.5, 0.6) is 0 Å². The van der Waals surface area contributed by atoms with Gasteiger partial charge in [-0.25, -0.2) is 0 Å². The van der Waals surface area contributed by atoms with Gasteiger partial charge in [-0.1, -0.05) is 6.07 Å². The maximum absolute atomic E-state index is 12.9. The summed E-state index contributed by atoms with van der Waals surface area (Å²) >= 11 is 0. The van der Waals surface area contributed by atoms with Crippen LogP contribution in [0.1, 0.15) is 51.7 Å². The minimum Gasteiger partial charge on any atom is -0.372 e. The molecule has 1 atom stereocenters. The Labute approximate surface area is 157 Å². The van der Waals surface area contributed by atoms with E-state index >= 15 is 0 Å². The normalized spacial score (nSPS) is 17.0. The number of ether oxygens (including phenoxy) is 1. The summed E-state index contributed by atoms with van der Waals surface area (Å²) in [6.07, 6.45) is 5.01. The molecule has 1 fully saturated rings. The van der Waals surface area contributed by atoms with Gasteiger partial charge < -0.3 is 14.6 Å². The summed E-state index contributed by atoms with van der Waals surface area (Å²) in [7, 11) is 0. The molecule has 0 saturated carbocycles. The van der Waals surface area contributed by atoms with Crippen molar-refractivity contribution in [3.8, 4) is 0 Å². The summed E-state index contributed by atoms with van der Waals surface area (Å²) in [5, 5.41) is 0. The predicted octanol–water partition coefficient (Wildman–Crippen LogP) is 2.10. The van der Waals surface area contributed by atoms with E-state index in [4.69, 9.17) is 4.74 Å². The van der Waals surface area contributed by atoms with Crippen molar-refractivity contribution in [2.75, 3.05) is 13.1 Å². The number of amides is 1. The molecule has 0 aliphatic carbocycles. The van der Waals surface area contributed by atoms with Gasteiger partial charge in [0.2, 0.25) is 0 Å². The van der Waals surface area contributed by atoms with Crippen molar-refractivity contribution in [1.29, 1.82) is 0 Å². The Bertz CT molecular complexity index is 892. The Morgan fingerprint density at radius 2 is 2.19 bits per heavy atom. The molecule has 3 rings (SSSR count). The van der Waals surface area contributed by atoms with Crippen molar-refractivity contribution in [3.05, 3.63) is 63.3 Å². The lowest BCUT2D eigenvalue weighted by Crippen LogP contribution is -2.44. The number of aromatic nitrogens is 2. The average molecular weight is 369 g/mol. The standard InChI is InChI=1S/C20H23N3O4/c1-13-17(14(2)24)9-18(19(25)22-13)20(26)23-8-4-6-16(11-23)27-12-15-5-3-7-21-10-15/h3,5,7,9-10,16H,4,6,8,11-12H2,1-2H3,(H,22,25)/t16-/m1/s1. The van der Waals surface area contributed by atoms with E-state index in [9.17, 15) is 14.4 Å². The minimum atomic E-state index is -0.471. The van der Waals surface area contributed by atoms with Crippen LogP contribution < -0.4 is 5.56 Å². The molecule has 2 aromatic heterocycles. The molecule has 1 saturated heterocycles. The molecule has 0 spiro atoms. The smallest absolute Gasteiger partial charge is 0.261 e. The fourth-order valence-corrected chi connectivity index (χ4v) is 3.27. The highest BCUT2D eigenvalue weighted by molar-refractivity contribution is 5.99. The molecule has 7 heteroatoms. The fraction of sp³-hybridized carbons (Fsp3) is 0.400. The number of nitrogens with zero attached hydrogens (tertiary/aromatic N) is 2. The number of hydrogen-bond acceptors (Lipinski definition) is 5. The van der Waals surface area contributed by atoms with E-state index in [-0.39, 0.29) is 23.4 Å². The molecule has 7 nitrogen and oxygen atoms in total. The molecule has 0 radical (unpaired) electrons. The number of piperidine rings is 1. The lowest BCUT2D eigenvalue weighted by Gasteiger charge is -2.32. The SMILES string of the molecule is CC(=O)c1cc(C(=O)N2CCC[C@@H](OCc3cccnc3)C2)c(=O)[nH]c1C. The first-order chi connectivity index (χ1) is 13.0. The van der Waals surface area contributed by atoms with Crippen LogP contribution in [0.2, 0.25) is 0 Å². The van der Waals surface area contributed by atoms with Gasteiger partial charge in [-0.2, -0.15) is 0 Å². The van der Waals surface area contributed by atoms with E-state index in [1.54, 1.807) is 24.2 Å². The molecule has 3 heterocycles. The van der Waals surface area contributed by atoms with E-state index in [1.165, 1.54) is 13.0 Å². The first-order valence-electron chi connectivity index (χ1n) is 9.00. The maximum atomic E-state index is 12.9. The van der Waals surface area contributed by atoms with Gasteiger partial charge in [0, 0.05) is 36.7 Å². The number of rotatable bonds is 5. The molecule has 0 aromatic carbocycles. The number of aryl methyl sites for hydroxylation is 1. The number of nitrogens with one attached hydrogen (secondary N) is 1. The highest BCUT2D eigenvalue weighted by Crippen LogP contribution is 2.17. The summed E-state index contributed by atoms with van der Waals surface area (Å²) in [5.74, 6) is -0.553. The van der Waals surface area contributed by atoms with Gasteiger partial charge in [-0.3, -0.25) is 19.4 Å². The van der Waals surface area contributed by atoms with Crippen molar-refractivity contribution >= 4 is 11.7 Å². The molecule has 1 aliphatic heterocycles. The van der Waals surface area contributed by atoms with Gasteiger partial charge in [-0.15, -0.1) is 0 Å². The molecular formula is C20H23N3O4.